The minimum absolute atomic E-state index is 0.0740. The maximum Gasteiger partial charge on any atom is 0.160 e. The van der Waals surface area contributed by atoms with Gasteiger partial charge in [-0.05, 0) is 43.4 Å². The summed E-state index contributed by atoms with van der Waals surface area (Å²) < 4.78 is 11.1. The molecule has 2 atom stereocenters. The predicted octanol–water partition coefficient (Wildman–Crippen LogP) is 5.41. The lowest BCUT2D eigenvalue weighted by Crippen LogP contribution is -2.30. The quantitative estimate of drug-likeness (QED) is 0.455. The summed E-state index contributed by atoms with van der Waals surface area (Å²) in [6, 6.07) is 0. The van der Waals surface area contributed by atoms with Gasteiger partial charge < -0.3 is 14.6 Å². The molecule has 0 bridgehead atoms. The smallest absolute Gasteiger partial charge is 0.160 e. The van der Waals surface area contributed by atoms with Crippen molar-refractivity contribution in [3.8, 4) is 0 Å². The van der Waals surface area contributed by atoms with Crippen LogP contribution in [0.25, 0.3) is 0 Å². The highest BCUT2D eigenvalue weighted by Gasteiger charge is 2.28. The number of rotatable bonds is 13. The van der Waals surface area contributed by atoms with E-state index in [9.17, 15) is 0 Å². The zero-order chi connectivity index (χ0) is 17.8. The molecule has 24 heavy (non-hydrogen) atoms. The van der Waals surface area contributed by atoms with Gasteiger partial charge in [-0.25, -0.2) is 0 Å². The van der Waals surface area contributed by atoms with E-state index in [0.717, 1.165) is 17.8 Å². The Morgan fingerprint density at radius 3 is 2.21 bits per heavy atom. The number of hydrogen-bond donors (Lipinski definition) is 1. The molecule has 0 heterocycles. The van der Waals surface area contributed by atoms with Crippen LogP contribution in [0.2, 0.25) is 0 Å². The van der Waals surface area contributed by atoms with Crippen LogP contribution in [-0.4, -0.2) is 31.7 Å². The fraction of sp³-hybridized carbons (Fsp3) is 1.00. The normalized spacial score (nSPS) is 24.2. The molecule has 0 saturated heterocycles. The van der Waals surface area contributed by atoms with Crippen LogP contribution in [0.1, 0.15) is 85.0 Å². The van der Waals surface area contributed by atoms with Gasteiger partial charge in [-0.1, -0.05) is 59.3 Å². The third-order valence-corrected chi connectivity index (χ3v) is 5.67. The van der Waals surface area contributed by atoms with Gasteiger partial charge in [-0.3, -0.25) is 0 Å². The van der Waals surface area contributed by atoms with Crippen LogP contribution in [0.15, 0.2) is 0 Å². The first kappa shape index (κ1) is 21.9. The number of ether oxygens (including phenoxy) is 2. The van der Waals surface area contributed by atoms with Crippen LogP contribution in [-0.2, 0) is 9.47 Å². The molecule has 3 nitrogen and oxygen atoms in total. The highest BCUT2D eigenvalue weighted by Crippen LogP contribution is 2.35. The summed E-state index contributed by atoms with van der Waals surface area (Å²) in [5.74, 6) is 3.15. The molecule has 144 valence electrons. The van der Waals surface area contributed by atoms with E-state index in [-0.39, 0.29) is 12.9 Å². The number of aliphatic hydroxyl groups is 1. The van der Waals surface area contributed by atoms with Gasteiger partial charge in [0, 0.05) is 13.0 Å². The Balaban J connectivity index is 2.10. The number of hydrogen-bond acceptors (Lipinski definition) is 3. The summed E-state index contributed by atoms with van der Waals surface area (Å²) in [5.41, 5.74) is 0. The van der Waals surface area contributed by atoms with E-state index in [2.05, 4.69) is 20.8 Å². The molecule has 1 saturated carbocycles. The molecule has 1 aliphatic carbocycles. The first-order chi connectivity index (χ1) is 11.6. The summed E-state index contributed by atoms with van der Waals surface area (Å²) >= 11 is 0. The second kappa shape index (κ2) is 13.1. The van der Waals surface area contributed by atoms with E-state index in [4.69, 9.17) is 14.6 Å². The van der Waals surface area contributed by atoms with Crippen molar-refractivity contribution < 1.29 is 14.6 Å². The van der Waals surface area contributed by atoms with E-state index >= 15 is 0 Å². The lowest BCUT2D eigenvalue weighted by Gasteiger charge is -2.33. The average Bonchev–Trinajstić information content (AvgIpc) is 2.56. The van der Waals surface area contributed by atoms with Crippen molar-refractivity contribution >= 4 is 0 Å². The van der Waals surface area contributed by atoms with Crippen LogP contribution < -0.4 is 0 Å². The predicted molar refractivity (Wildman–Crippen MR) is 101 cm³/mol. The van der Waals surface area contributed by atoms with Gasteiger partial charge in [0.2, 0.25) is 0 Å². The molecule has 1 fully saturated rings. The minimum atomic E-state index is -0.126. The molecular weight excluding hydrogens is 300 g/mol. The SMILES string of the molecule is CO[C@H](OCCO)C1CCC(CCCC(C)CCCC(C)C)CC1. The largest absolute Gasteiger partial charge is 0.394 e. The van der Waals surface area contributed by atoms with Crippen molar-refractivity contribution in [3.63, 3.8) is 0 Å². The molecular formula is C21H42O3. The Morgan fingerprint density at radius 1 is 0.958 bits per heavy atom. The molecule has 3 heteroatoms. The number of methoxy groups -OCH3 is 1. The van der Waals surface area contributed by atoms with Gasteiger partial charge in [0.1, 0.15) is 0 Å². The van der Waals surface area contributed by atoms with Crippen molar-refractivity contribution in [1.82, 2.24) is 0 Å². The maximum atomic E-state index is 8.89. The highest BCUT2D eigenvalue weighted by molar-refractivity contribution is 4.75. The standard InChI is InChI=1S/C21H42O3/c1-17(2)7-5-8-18(3)9-6-10-19-11-13-20(14-12-19)21(23-4)24-16-15-22/h17-22H,5-16H2,1-4H3/t18?,19?,20?,21-/m1/s1. The molecule has 1 aliphatic rings. The van der Waals surface area contributed by atoms with Crippen molar-refractivity contribution in [2.75, 3.05) is 20.3 Å². The zero-order valence-corrected chi connectivity index (χ0v) is 16.6. The molecule has 0 aromatic carbocycles. The Bertz CT molecular complexity index is 285. The summed E-state index contributed by atoms with van der Waals surface area (Å²) in [5, 5.41) is 8.89. The van der Waals surface area contributed by atoms with Gasteiger partial charge >= 0.3 is 0 Å². The van der Waals surface area contributed by atoms with Crippen LogP contribution >= 0.6 is 0 Å². The van der Waals surface area contributed by atoms with Crippen LogP contribution in [0.3, 0.4) is 0 Å². The molecule has 0 radical (unpaired) electrons. The average molecular weight is 343 g/mol. The summed E-state index contributed by atoms with van der Waals surface area (Å²) in [4.78, 5) is 0. The molecule has 0 spiro atoms. The molecule has 0 amide bonds. The fourth-order valence-corrected chi connectivity index (χ4v) is 4.09. The third kappa shape index (κ3) is 9.39. The van der Waals surface area contributed by atoms with E-state index in [1.807, 2.05) is 0 Å². The Labute approximate surface area is 150 Å². The monoisotopic (exact) mass is 342 g/mol. The molecule has 0 aromatic heterocycles. The van der Waals surface area contributed by atoms with Gasteiger partial charge in [-0.15, -0.1) is 0 Å². The molecule has 1 rings (SSSR count). The maximum absolute atomic E-state index is 8.89. The van der Waals surface area contributed by atoms with Crippen LogP contribution in [0, 0.1) is 23.7 Å². The zero-order valence-electron chi connectivity index (χ0n) is 16.6. The van der Waals surface area contributed by atoms with E-state index < -0.39 is 0 Å². The molecule has 0 aromatic rings. The van der Waals surface area contributed by atoms with Gasteiger partial charge in [0.25, 0.3) is 0 Å². The summed E-state index contributed by atoms with van der Waals surface area (Å²) in [7, 11) is 1.72. The van der Waals surface area contributed by atoms with Gasteiger partial charge in [-0.2, -0.15) is 0 Å². The fourth-order valence-electron chi connectivity index (χ4n) is 4.09. The third-order valence-electron chi connectivity index (χ3n) is 5.67. The second-order valence-corrected chi connectivity index (χ2v) is 8.34. The van der Waals surface area contributed by atoms with Crippen molar-refractivity contribution in [2.24, 2.45) is 23.7 Å². The molecule has 0 aliphatic heterocycles. The first-order valence-electron chi connectivity index (χ1n) is 10.3. The van der Waals surface area contributed by atoms with E-state index in [1.165, 1.54) is 64.2 Å². The van der Waals surface area contributed by atoms with Crippen LogP contribution in [0.4, 0.5) is 0 Å². The van der Waals surface area contributed by atoms with Gasteiger partial charge in [0.15, 0.2) is 6.29 Å². The highest BCUT2D eigenvalue weighted by atomic mass is 16.7. The van der Waals surface area contributed by atoms with Crippen molar-refractivity contribution in [3.05, 3.63) is 0 Å². The van der Waals surface area contributed by atoms with E-state index in [0.29, 0.717) is 12.5 Å². The lowest BCUT2D eigenvalue weighted by molar-refractivity contribution is -0.167. The second-order valence-electron chi connectivity index (χ2n) is 8.34. The van der Waals surface area contributed by atoms with Gasteiger partial charge in [0.05, 0.1) is 13.2 Å². The Hall–Kier alpha value is -0.120. The first-order valence-corrected chi connectivity index (χ1v) is 10.3. The Morgan fingerprint density at radius 2 is 1.62 bits per heavy atom. The lowest BCUT2D eigenvalue weighted by atomic mass is 9.79. The molecule has 1 N–H and O–H groups in total. The van der Waals surface area contributed by atoms with E-state index in [1.54, 1.807) is 7.11 Å². The summed E-state index contributed by atoms with van der Waals surface area (Å²) in [6.45, 7) is 7.53. The van der Waals surface area contributed by atoms with Crippen LogP contribution in [0.5, 0.6) is 0 Å². The van der Waals surface area contributed by atoms with Crippen molar-refractivity contribution in [1.29, 1.82) is 0 Å². The topological polar surface area (TPSA) is 38.7 Å². The molecule has 1 unspecified atom stereocenters. The summed E-state index contributed by atoms with van der Waals surface area (Å²) in [6.07, 6.45) is 13.3. The van der Waals surface area contributed by atoms with Crippen molar-refractivity contribution in [2.45, 2.75) is 91.3 Å². The minimum Gasteiger partial charge on any atom is -0.394 e. The number of aliphatic hydroxyl groups excluding tert-OH is 1. The Kier molecular flexibility index (Phi) is 12.0.